The molecular formula is C17H26N2O2. The average molecular weight is 290 g/mol. The molecule has 21 heavy (non-hydrogen) atoms. The van der Waals surface area contributed by atoms with Crippen LogP contribution in [0.5, 0.6) is 0 Å². The highest BCUT2D eigenvalue weighted by Gasteiger charge is 2.30. The Bertz CT molecular complexity index is 436. The number of hydrogen-bond acceptors (Lipinski definition) is 3. The molecule has 1 aliphatic rings. The SMILES string of the molecule is CCCCOC(=O)NC1CN(Cc2ccccc2)CC1C. The summed E-state index contributed by atoms with van der Waals surface area (Å²) in [5.41, 5.74) is 1.32. The van der Waals surface area contributed by atoms with Gasteiger partial charge in [0.25, 0.3) is 0 Å². The summed E-state index contributed by atoms with van der Waals surface area (Å²) in [5.74, 6) is 0.451. The number of carbonyl (C=O) groups is 1. The van der Waals surface area contributed by atoms with Crippen LogP contribution < -0.4 is 5.32 Å². The minimum Gasteiger partial charge on any atom is -0.450 e. The maximum absolute atomic E-state index is 11.7. The Morgan fingerprint density at radius 1 is 1.33 bits per heavy atom. The van der Waals surface area contributed by atoms with Crippen molar-refractivity contribution in [2.24, 2.45) is 5.92 Å². The van der Waals surface area contributed by atoms with E-state index in [1.165, 1.54) is 5.56 Å². The van der Waals surface area contributed by atoms with E-state index in [4.69, 9.17) is 4.74 Å². The molecule has 2 atom stereocenters. The quantitative estimate of drug-likeness (QED) is 0.819. The summed E-state index contributed by atoms with van der Waals surface area (Å²) >= 11 is 0. The third-order valence-corrected chi connectivity index (χ3v) is 3.97. The van der Waals surface area contributed by atoms with Crippen molar-refractivity contribution in [1.29, 1.82) is 0 Å². The third kappa shape index (κ3) is 5.05. The average Bonchev–Trinajstić information content (AvgIpc) is 2.80. The Kier molecular flexibility index (Phi) is 6.05. The molecule has 1 fully saturated rings. The van der Waals surface area contributed by atoms with Crippen LogP contribution in [0, 0.1) is 5.92 Å². The first-order valence-corrected chi connectivity index (χ1v) is 7.88. The van der Waals surface area contributed by atoms with Gasteiger partial charge in [0.15, 0.2) is 0 Å². The zero-order valence-electron chi connectivity index (χ0n) is 13.0. The number of hydrogen-bond donors (Lipinski definition) is 1. The molecule has 0 aliphatic carbocycles. The van der Waals surface area contributed by atoms with E-state index in [1.54, 1.807) is 0 Å². The summed E-state index contributed by atoms with van der Waals surface area (Å²) in [4.78, 5) is 14.1. The van der Waals surface area contributed by atoms with Gasteiger partial charge in [-0.25, -0.2) is 4.79 Å². The molecule has 4 nitrogen and oxygen atoms in total. The molecule has 2 unspecified atom stereocenters. The third-order valence-electron chi connectivity index (χ3n) is 3.97. The van der Waals surface area contributed by atoms with Gasteiger partial charge in [-0.2, -0.15) is 0 Å². The molecule has 1 aromatic rings. The first-order valence-electron chi connectivity index (χ1n) is 7.88. The van der Waals surface area contributed by atoms with Gasteiger partial charge in [-0.15, -0.1) is 0 Å². The fourth-order valence-corrected chi connectivity index (χ4v) is 2.73. The number of unbranched alkanes of at least 4 members (excludes halogenated alkanes) is 1. The summed E-state index contributed by atoms with van der Waals surface area (Å²) < 4.78 is 5.18. The molecule has 0 aromatic heterocycles. The predicted molar refractivity (Wildman–Crippen MR) is 84.1 cm³/mol. The summed E-state index contributed by atoms with van der Waals surface area (Å²) in [7, 11) is 0. The van der Waals surface area contributed by atoms with Crippen molar-refractivity contribution in [3.05, 3.63) is 35.9 Å². The molecule has 0 spiro atoms. The second-order valence-electron chi connectivity index (χ2n) is 5.90. The van der Waals surface area contributed by atoms with Crippen molar-refractivity contribution in [3.63, 3.8) is 0 Å². The first-order chi connectivity index (χ1) is 10.2. The number of carbonyl (C=O) groups excluding carboxylic acids is 1. The van der Waals surface area contributed by atoms with Crippen LogP contribution in [-0.2, 0) is 11.3 Å². The lowest BCUT2D eigenvalue weighted by atomic mass is 10.1. The Morgan fingerprint density at radius 3 is 2.81 bits per heavy atom. The lowest BCUT2D eigenvalue weighted by molar-refractivity contribution is 0.139. The number of amides is 1. The van der Waals surface area contributed by atoms with Gasteiger partial charge < -0.3 is 10.1 Å². The molecule has 1 amide bonds. The molecule has 1 aromatic carbocycles. The van der Waals surface area contributed by atoms with Crippen molar-refractivity contribution in [2.75, 3.05) is 19.7 Å². The predicted octanol–water partition coefficient (Wildman–Crippen LogP) is 3.03. The molecule has 4 heteroatoms. The highest BCUT2D eigenvalue weighted by molar-refractivity contribution is 5.67. The van der Waals surface area contributed by atoms with E-state index in [0.717, 1.165) is 32.5 Å². The Labute approximate surface area is 127 Å². The van der Waals surface area contributed by atoms with Crippen molar-refractivity contribution < 1.29 is 9.53 Å². The maximum Gasteiger partial charge on any atom is 0.407 e. The van der Waals surface area contributed by atoms with Crippen LogP contribution in [0.2, 0.25) is 0 Å². The van der Waals surface area contributed by atoms with Crippen LogP contribution in [0.4, 0.5) is 4.79 Å². The van der Waals surface area contributed by atoms with E-state index < -0.39 is 0 Å². The van der Waals surface area contributed by atoms with E-state index in [0.29, 0.717) is 12.5 Å². The summed E-state index contributed by atoms with van der Waals surface area (Å²) in [6.07, 6.45) is 1.69. The molecule has 0 saturated carbocycles. The Hall–Kier alpha value is -1.55. The molecular weight excluding hydrogens is 264 g/mol. The standard InChI is InChI=1S/C17H26N2O2/c1-3-4-10-21-17(20)18-16-13-19(11-14(16)2)12-15-8-6-5-7-9-15/h5-9,14,16H,3-4,10-13H2,1-2H3,(H,18,20). The second-order valence-corrected chi connectivity index (χ2v) is 5.90. The lowest BCUT2D eigenvalue weighted by Gasteiger charge is -2.17. The Morgan fingerprint density at radius 2 is 2.10 bits per heavy atom. The van der Waals surface area contributed by atoms with E-state index in [-0.39, 0.29) is 12.1 Å². The second kappa shape index (κ2) is 8.03. The van der Waals surface area contributed by atoms with Gasteiger partial charge in [-0.3, -0.25) is 4.90 Å². The Balaban J connectivity index is 1.77. The van der Waals surface area contributed by atoms with Gasteiger partial charge in [0, 0.05) is 25.7 Å². The van der Waals surface area contributed by atoms with Crippen LogP contribution in [-0.4, -0.2) is 36.7 Å². The number of ether oxygens (including phenoxy) is 1. The van der Waals surface area contributed by atoms with Crippen molar-refractivity contribution in [3.8, 4) is 0 Å². The van der Waals surface area contributed by atoms with Crippen LogP contribution in [0.25, 0.3) is 0 Å². The topological polar surface area (TPSA) is 41.6 Å². The van der Waals surface area contributed by atoms with Gasteiger partial charge >= 0.3 is 6.09 Å². The normalized spacial score (nSPS) is 22.2. The smallest absolute Gasteiger partial charge is 0.407 e. The number of likely N-dealkylation sites (tertiary alicyclic amines) is 1. The van der Waals surface area contributed by atoms with E-state index in [2.05, 4.69) is 48.3 Å². The minimum atomic E-state index is -0.276. The zero-order chi connectivity index (χ0) is 15.1. The summed E-state index contributed by atoms with van der Waals surface area (Å²) in [6, 6.07) is 10.6. The molecule has 1 heterocycles. The highest BCUT2D eigenvalue weighted by Crippen LogP contribution is 2.19. The van der Waals surface area contributed by atoms with Crippen LogP contribution >= 0.6 is 0 Å². The molecule has 0 radical (unpaired) electrons. The van der Waals surface area contributed by atoms with Gasteiger partial charge in [0.1, 0.15) is 0 Å². The maximum atomic E-state index is 11.7. The number of alkyl carbamates (subject to hydrolysis) is 1. The fraction of sp³-hybridized carbons (Fsp3) is 0.588. The van der Waals surface area contributed by atoms with Crippen LogP contribution in [0.1, 0.15) is 32.3 Å². The summed E-state index contributed by atoms with van der Waals surface area (Å²) in [5, 5.41) is 3.00. The van der Waals surface area contributed by atoms with Crippen molar-refractivity contribution >= 4 is 6.09 Å². The number of benzene rings is 1. The number of rotatable bonds is 6. The first kappa shape index (κ1) is 15.8. The number of nitrogens with zero attached hydrogens (tertiary/aromatic N) is 1. The molecule has 116 valence electrons. The molecule has 1 saturated heterocycles. The largest absolute Gasteiger partial charge is 0.450 e. The molecule has 1 aliphatic heterocycles. The van der Waals surface area contributed by atoms with Crippen molar-refractivity contribution in [2.45, 2.75) is 39.3 Å². The van der Waals surface area contributed by atoms with Gasteiger partial charge in [-0.05, 0) is 17.9 Å². The van der Waals surface area contributed by atoms with Gasteiger partial charge in [0.2, 0.25) is 0 Å². The van der Waals surface area contributed by atoms with E-state index in [1.807, 2.05) is 6.07 Å². The highest BCUT2D eigenvalue weighted by atomic mass is 16.5. The monoisotopic (exact) mass is 290 g/mol. The lowest BCUT2D eigenvalue weighted by Crippen LogP contribution is -2.40. The summed E-state index contributed by atoms with van der Waals surface area (Å²) in [6.45, 7) is 7.61. The van der Waals surface area contributed by atoms with Crippen molar-refractivity contribution in [1.82, 2.24) is 10.2 Å². The molecule has 2 rings (SSSR count). The van der Waals surface area contributed by atoms with Crippen LogP contribution in [0.3, 0.4) is 0 Å². The van der Waals surface area contributed by atoms with E-state index in [9.17, 15) is 4.79 Å². The minimum absolute atomic E-state index is 0.183. The molecule has 1 N–H and O–H groups in total. The van der Waals surface area contributed by atoms with Gasteiger partial charge in [-0.1, -0.05) is 50.6 Å². The number of nitrogens with one attached hydrogen (secondary N) is 1. The van der Waals surface area contributed by atoms with Gasteiger partial charge in [0.05, 0.1) is 6.61 Å². The van der Waals surface area contributed by atoms with E-state index >= 15 is 0 Å². The van der Waals surface area contributed by atoms with Crippen LogP contribution in [0.15, 0.2) is 30.3 Å². The zero-order valence-corrected chi connectivity index (χ0v) is 13.0. The molecule has 0 bridgehead atoms. The fourth-order valence-electron chi connectivity index (χ4n) is 2.73.